The number of imide groups is 1. The molecule has 7 nitrogen and oxygen atoms in total. The number of hydrogen-bond acceptors (Lipinski definition) is 6. The van der Waals surface area contributed by atoms with Crippen LogP contribution in [0, 0.1) is 0 Å². The molecule has 26 heavy (non-hydrogen) atoms. The average Bonchev–Trinajstić information content (AvgIpc) is 3.10. The van der Waals surface area contributed by atoms with Gasteiger partial charge in [0, 0.05) is 11.9 Å². The molecule has 0 bridgehead atoms. The molecule has 0 fully saturated rings. The van der Waals surface area contributed by atoms with E-state index in [9.17, 15) is 14.4 Å². The number of urea groups is 1. The second kappa shape index (κ2) is 7.57. The summed E-state index contributed by atoms with van der Waals surface area (Å²) in [7, 11) is 3.02. The minimum atomic E-state index is -0.684. The van der Waals surface area contributed by atoms with Gasteiger partial charge in [-0.3, -0.25) is 10.1 Å². The number of ether oxygens (including phenoxy) is 2. The third-order valence-electron chi connectivity index (χ3n) is 4.05. The normalized spacial score (nSPS) is 11.8. The highest BCUT2D eigenvalue weighted by Gasteiger charge is 2.23. The fourth-order valence-electron chi connectivity index (χ4n) is 2.77. The molecule has 1 aromatic heterocycles. The lowest BCUT2D eigenvalue weighted by molar-refractivity contribution is -0.123. The number of aryl methyl sites for hydroxylation is 2. The lowest BCUT2D eigenvalue weighted by atomic mass is 9.91. The predicted molar refractivity (Wildman–Crippen MR) is 96.6 cm³/mol. The standard InChI is InChI=1S/C18H18N2O5S/c1-19-18(23)20-15(21)9-25-17(22)14-8-11-4-3-10-7-12(24-2)5-6-13(10)16(11)26-14/h5-8H,3-4,9H2,1-2H3,(H2,19,20,21,23). The highest BCUT2D eigenvalue weighted by atomic mass is 32.1. The van der Waals surface area contributed by atoms with Crippen molar-refractivity contribution in [3.63, 3.8) is 0 Å². The van der Waals surface area contributed by atoms with Crippen molar-refractivity contribution in [1.82, 2.24) is 10.6 Å². The van der Waals surface area contributed by atoms with E-state index in [4.69, 9.17) is 9.47 Å². The first kappa shape index (κ1) is 17.9. The molecule has 2 N–H and O–H groups in total. The summed E-state index contributed by atoms with van der Waals surface area (Å²) in [4.78, 5) is 36.2. The summed E-state index contributed by atoms with van der Waals surface area (Å²) in [5, 5.41) is 4.28. The molecule has 3 rings (SSSR count). The van der Waals surface area contributed by atoms with Crippen LogP contribution in [0.5, 0.6) is 5.75 Å². The van der Waals surface area contributed by atoms with E-state index in [0.29, 0.717) is 4.88 Å². The molecule has 1 aromatic carbocycles. The van der Waals surface area contributed by atoms with Gasteiger partial charge >= 0.3 is 12.0 Å². The maximum Gasteiger partial charge on any atom is 0.348 e. The van der Waals surface area contributed by atoms with Gasteiger partial charge in [0.05, 0.1) is 7.11 Å². The molecule has 1 aliphatic carbocycles. The molecular formula is C18H18N2O5S. The molecule has 0 aliphatic heterocycles. The molecule has 1 heterocycles. The number of carbonyl (C=O) groups excluding carboxylic acids is 3. The topological polar surface area (TPSA) is 93.7 Å². The molecule has 3 amide bonds. The van der Waals surface area contributed by atoms with Crippen molar-refractivity contribution in [3.05, 3.63) is 40.3 Å². The number of methoxy groups -OCH3 is 1. The van der Waals surface area contributed by atoms with Crippen LogP contribution in [0.15, 0.2) is 24.3 Å². The zero-order chi connectivity index (χ0) is 18.7. The van der Waals surface area contributed by atoms with Gasteiger partial charge < -0.3 is 14.8 Å². The van der Waals surface area contributed by atoms with Crippen LogP contribution in [0.4, 0.5) is 4.79 Å². The molecule has 0 atom stereocenters. The fraction of sp³-hybridized carbons (Fsp3) is 0.278. The Hall–Kier alpha value is -2.87. The first-order valence-electron chi connectivity index (χ1n) is 8.00. The van der Waals surface area contributed by atoms with E-state index in [-0.39, 0.29) is 0 Å². The monoisotopic (exact) mass is 374 g/mol. The van der Waals surface area contributed by atoms with Gasteiger partial charge in [-0.1, -0.05) is 0 Å². The molecule has 0 unspecified atom stereocenters. The lowest BCUT2D eigenvalue weighted by Crippen LogP contribution is -2.39. The number of fused-ring (bicyclic) bond motifs is 3. The highest BCUT2D eigenvalue weighted by Crippen LogP contribution is 2.40. The number of hydrogen-bond donors (Lipinski definition) is 2. The molecule has 136 valence electrons. The highest BCUT2D eigenvalue weighted by molar-refractivity contribution is 7.17. The van der Waals surface area contributed by atoms with Crippen LogP contribution >= 0.6 is 11.3 Å². The first-order chi connectivity index (χ1) is 12.5. The quantitative estimate of drug-likeness (QED) is 0.800. The van der Waals surface area contributed by atoms with E-state index in [1.54, 1.807) is 7.11 Å². The van der Waals surface area contributed by atoms with Crippen molar-refractivity contribution in [2.24, 2.45) is 0 Å². The second-order valence-corrected chi connectivity index (χ2v) is 6.74. The third kappa shape index (κ3) is 3.70. The van der Waals surface area contributed by atoms with Gasteiger partial charge in [0.1, 0.15) is 10.6 Å². The summed E-state index contributed by atoms with van der Waals surface area (Å²) in [6.45, 7) is -0.511. The Kier molecular flexibility index (Phi) is 5.22. The van der Waals surface area contributed by atoms with E-state index >= 15 is 0 Å². The Labute approximate surface area is 154 Å². The van der Waals surface area contributed by atoms with Crippen LogP contribution in [0.2, 0.25) is 0 Å². The second-order valence-electron chi connectivity index (χ2n) is 5.69. The van der Waals surface area contributed by atoms with Crippen LogP contribution in [0.25, 0.3) is 10.4 Å². The van der Waals surface area contributed by atoms with Crippen LogP contribution in [0.3, 0.4) is 0 Å². The first-order valence-corrected chi connectivity index (χ1v) is 8.82. The van der Waals surface area contributed by atoms with Crippen molar-refractivity contribution in [2.45, 2.75) is 12.8 Å². The number of benzene rings is 1. The number of esters is 1. The summed E-state index contributed by atoms with van der Waals surface area (Å²) in [6.07, 6.45) is 1.70. The predicted octanol–water partition coefficient (Wildman–Crippen LogP) is 2.13. The molecule has 0 radical (unpaired) electrons. The summed E-state index contributed by atoms with van der Waals surface area (Å²) in [5.74, 6) is -0.450. The molecule has 1 aliphatic rings. The maximum absolute atomic E-state index is 12.2. The maximum atomic E-state index is 12.2. The average molecular weight is 374 g/mol. The van der Waals surface area contributed by atoms with E-state index in [1.165, 1.54) is 23.9 Å². The van der Waals surface area contributed by atoms with Crippen LogP contribution < -0.4 is 15.4 Å². The number of thiophene rings is 1. The zero-order valence-corrected chi connectivity index (χ0v) is 15.2. The van der Waals surface area contributed by atoms with Crippen molar-refractivity contribution in [2.75, 3.05) is 20.8 Å². The van der Waals surface area contributed by atoms with Crippen LogP contribution in [0.1, 0.15) is 20.8 Å². The SMILES string of the molecule is CNC(=O)NC(=O)COC(=O)c1cc2c(s1)-c1ccc(OC)cc1CC2. The Balaban J connectivity index is 1.72. The van der Waals surface area contributed by atoms with Crippen LogP contribution in [-0.4, -0.2) is 38.7 Å². The molecular weight excluding hydrogens is 356 g/mol. The summed E-state index contributed by atoms with van der Waals surface area (Å²) < 4.78 is 10.3. The smallest absolute Gasteiger partial charge is 0.348 e. The van der Waals surface area contributed by atoms with Gasteiger partial charge in [-0.15, -0.1) is 11.3 Å². The molecule has 8 heteroatoms. The van der Waals surface area contributed by atoms with Gasteiger partial charge in [0.15, 0.2) is 6.61 Å². The molecule has 2 aromatic rings. The van der Waals surface area contributed by atoms with E-state index in [2.05, 4.69) is 5.32 Å². The largest absolute Gasteiger partial charge is 0.497 e. The number of nitrogens with one attached hydrogen (secondary N) is 2. The van der Waals surface area contributed by atoms with Crippen LogP contribution in [-0.2, 0) is 22.4 Å². The number of amides is 3. The Bertz CT molecular complexity index is 874. The molecule has 0 spiro atoms. The van der Waals surface area contributed by atoms with Gasteiger partial charge in [-0.25, -0.2) is 9.59 Å². The summed E-state index contributed by atoms with van der Waals surface area (Å²) >= 11 is 1.34. The van der Waals surface area contributed by atoms with Crippen molar-refractivity contribution in [1.29, 1.82) is 0 Å². The zero-order valence-electron chi connectivity index (χ0n) is 14.4. The van der Waals surface area contributed by atoms with E-state index in [0.717, 1.165) is 34.6 Å². The minimum absolute atomic E-state index is 0.436. The van der Waals surface area contributed by atoms with E-state index < -0.39 is 24.5 Å². The Morgan fingerprint density at radius 1 is 1.15 bits per heavy atom. The lowest BCUT2D eigenvalue weighted by Gasteiger charge is -2.16. The van der Waals surface area contributed by atoms with Crippen molar-refractivity contribution < 1.29 is 23.9 Å². The van der Waals surface area contributed by atoms with Crippen molar-refractivity contribution in [3.8, 4) is 16.2 Å². The molecule has 0 saturated heterocycles. The van der Waals surface area contributed by atoms with Crippen molar-refractivity contribution >= 4 is 29.2 Å². The Morgan fingerprint density at radius 2 is 1.92 bits per heavy atom. The van der Waals surface area contributed by atoms with Gasteiger partial charge in [-0.2, -0.15) is 0 Å². The third-order valence-corrected chi connectivity index (χ3v) is 5.24. The summed E-state index contributed by atoms with van der Waals surface area (Å²) in [5.41, 5.74) is 3.37. The van der Waals surface area contributed by atoms with Gasteiger partial charge in [0.2, 0.25) is 0 Å². The molecule has 0 saturated carbocycles. The fourth-order valence-corrected chi connectivity index (χ4v) is 3.93. The number of carbonyl (C=O) groups is 3. The van der Waals surface area contributed by atoms with Gasteiger partial charge in [-0.05, 0) is 53.8 Å². The Morgan fingerprint density at radius 3 is 2.65 bits per heavy atom. The number of rotatable bonds is 4. The van der Waals surface area contributed by atoms with Gasteiger partial charge in [0.25, 0.3) is 5.91 Å². The summed E-state index contributed by atoms with van der Waals surface area (Å²) in [6, 6.07) is 7.07. The van der Waals surface area contributed by atoms with E-state index in [1.807, 2.05) is 29.6 Å². The minimum Gasteiger partial charge on any atom is -0.497 e.